The van der Waals surface area contributed by atoms with E-state index in [1.807, 2.05) is 0 Å². The molecule has 0 unspecified atom stereocenters. The molecule has 0 saturated carbocycles. The molecule has 0 bridgehead atoms. The molecule has 0 aliphatic carbocycles. The van der Waals surface area contributed by atoms with Crippen LogP contribution in [0.3, 0.4) is 0 Å². The maximum atomic E-state index is 8.71. The summed E-state index contributed by atoms with van der Waals surface area (Å²) < 4.78 is 1.54. The molecule has 5 nitrogen and oxygen atoms in total. The standard InChI is InChI=1S/C6H6N4O/c11-3-5-1-2-10-6(9-5)7-4-8-10/h1-2,4,11H,3H2. The molecule has 0 atom stereocenters. The van der Waals surface area contributed by atoms with Gasteiger partial charge in [0, 0.05) is 6.20 Å². The summed E-state index contributed by atoms with van der Waals surface area (Å²) >= 11 is 0. The Labute approximate surface area is 62.3 Å². The molecule has 0 aliphatic heterocycles. The van der Waals surface area contributed by atoms with Crippen LogP contribution in [0.5, 0.6) is 0 Å². The van der Waals surface area contributed by atoms with Crippen molar-refractivity contribution in [2.75, 3.05) is 0 Å². The molecule has 2 aromatic rings. The summed E-state index contributed by atoms with van der Waals surface area (Å²) in [5, 5.41) is 12.6. The van der Waals surface area contributed by atoms with E-state index in [1.165, 1.54) is 6.33 Å². The van der Waals surface area contributed by atoms with E-state index in [2.05, 4.69) is 15.1 Å². The van der Waals surface area contributed by atoms with Gasteiger partial charge in [-0.15, -0.1) is 0 Å². The summed E-state index contributed by atoms with van der Waals surface area (Å²) in [6, 6.07) is 1.70. The van der Waals surface area contributed by atoms with Crippen molar-refractivity contribution in [3.63, 3.8) is 0 Å². The Morgan fingerprint density at radius 3 is 3.27 bits per heavy atom. The number of aromatic nitrogens is 4. The molecule has 1 N–H and O–H groups in total. The fraction of sp³-hybridized carbons (Fsp3) is 0.167. The van der Waals surface area contributed by atoms with Crippen LogP contribution in [-0.4, -0.2) is 24.7 Å². The van der Waals surface area contributed by atoms with Crippen LogP contribution < -0.4 is 0 Å². The van der Waals surface area contributed by atoms with Crippen molar-refractivity contribution in [3.05, 3.63) is 24.3 Å². The molecule has 0 saturated heterocycles. The molecule has 0 amide bonds. The molecule has 0 fully saturated rings. The third-order valence-corrected chi connectivity index (χ3v) is 1.37. The van der Waals surface area contributed by atoms with E-state index in [0.717, 1.165) is 0 Å². The second-order valence-corrected chi connectivity index (χ2v) is 2.08. The molecular formula is C6H6N4O. The molecule has 0 radical (unpaired) electrons. The van der Waals surface area contributed by atoms with Crippen LogP contribution in [0.4, 0.5) is 0 Å². The van der Waals surface area contributed by atoms with Crippen molar-refractivity contribution in [2.24, 2.45) is 0 Å². The fourth-order valence-corrected chi connectivity index (χ4v) is 0.840. The molecular weight excluding hydrogens is 144 g/mol. The van der Waals surface area contributed by atoms with Crippen LogP contribution in [-0.2, 0) is 6.61 Å². The normalized spacial score (nSPS) is 10.6. The maximum absolute atomic E-state index is 8.71. The van der Waals surface area contributed by atoms with Crippen molar-refractivity contribution in [3.8, 4) is 0 Å². The topological polar surface area (TPSA) is 63.3 Å². The van der Waals surface area contributed by atoms with Crippen molar-refractivity contribution in [1.29, 1.82) is 0 Å². The van der Waals surface area contributed by atoms with Gasteiger partial charge in [-0.05, 0) is 6.07 Å². The first-order chi connectivity index (χ1) is 5.40. The van der Waals surface area contributed by atoms with Gasteiger partial charge in [-0.3, -0.25) is 0 Å². The summed E-state index contributed by atoms with van der Waals surface area (Å²) in [5.41, 5.74) is 0.602. The molecule has 0 aromatic carbocycles. The molecule has 0 aliphatic rings. The van der Waals surface area contributed by atoms with Crippen LogP contribution in [0.25, 0.3) is 5.78 Å². The summed E-state index contributed by atoms with van der Waals surface area (Å²) in [6.45, 7) is -0.0661. The Morgan fingerprint density at radius 1 is 1.55 bits per heavy atom. The molecule has 2 rings (SSSR count). The molecule has 2 heterocycles. The lowest BCUT2D eigenvalue weighted by atomic mass is 10.4. The number of hydrogen-bond donors (Lipinski definition) is 1. The Balaban J connectivity index is 2.67. The summed E-state index contributed by atoms with van der Waals surface area (Å²) in [4.78, 5) is 7.85. The number of nitrogens with zero attached hydrogens (tertiary/aromatic N) is 4. The molecule has 56 valence electrons. The van der Waals surface area contributed by atoms with Gasteiger partial charge in [-0.25, -0.2) is 9.50 Å². The van der Waals surface area contributed by atoms with Gasteiger partial charge in [0.2, 0.25) is 0 Å². The lowest BCUT2D eigenvalue weighted by molar-refractivity contribution is 0.277. The smallest absolute Gasteiger partial charge is 0.252 e. The van der Waals surface area contributed by atoms with Crippen LogP contribution in [0.15, 0.2) is 18.6 Å². The highest BCUT2D eigenvalue weighted by molar-refractivity contribution is 5.25. The molecule has 11 heavy (non-hydrogen) atoms. The quantitative estimate of drug-likeness (QED) is 0.601. The minimum atomic E-state index is -0.0661. The number of hydrogen-bond acceptors (Lipinski definition) is 4. The van der Waals surface area contributed by atoms with E-state index in [1.54, 1.807) is 16.8 Å². The first-order valence-corrected chi connectivity index (χ1v) is 3.16. The molecule has 5 heteroatoms. The van der Waals surface area contributed by atoms with Gasteiger partial charge in [0.25, 0.3) is 5.78 Å². The van der Waals surface area contributed by atoms with Crippen molar-refractivity contribution in [2.45, 2.75) is 6.61 Å². The van der Waals surface area contributed by atoms with E-state index >= 15 is 0 Å². The lowest BCUT2D eigenvalue weighted by Crippen LogP contribution is -1.94. The minimum Gasteiger partial charge on any atom is -0.390 e. The van der Waals surface area contributed by atoms with Gasteiger partial charge in [-0.1, -0.05) is 0 Å². The number of fused-ring (bicyclic) bond motifs is 1. The first kappa shape index (κ1) is 6.23. The Morgan fingerprint density at radius 2 is 2.45 bits per heavy atom. The van der Waals surface area contributed by atoms with E-state index < -0.39 is 0 Å². The van der Waals surface area contributed by atoms with Gasteiger partial charge in [0.1, 0.15) is 6.33 Å². The average Bonchev–Trinajstić information content (AvgIpc) is 2.50. The van der Waals surface area contributed by atoms with Crippen molar-refractivity contribution >= 4 is 5.78 Å². The zero-order valence-corrected chi connectivity index (χ0v) is 5.68. The largest absolute Gasteiger partial charge is 0.390 e. The first-order valence-electron chi connectivity index (χ1n) is 3.16. The third-order valence-electron chi connectivity index (χ3n) is 1.37. The Hall–Kier alpha value is -1.49. The highest BCUT2D eigenvalue weighted by Crippen LogP contribution is 1.96. The van der Waals surface area contributed by atoms with Crippen molar-refractivity contribution < 1.29 is 5.11 Å². The predicted molar refractivity (Wildman–Crippen MR) is 36.7 cm³/mol. The Kier molecular flexibility index (Phi) is 1.29. The van der Waals surface area contributed by atoms with Gasteiger partial charge < -0.3 is 5.11 Å². The maximum Gasteiger partial charge on any atom is 0.252 e. The van der Waals surface area contributed by atoms with Crippen LogP contribution in [0, 0.1) is 0 Å². The van der Waals surface area contributed by atoms with E-state index in [-0.39, 0.29) is 6.61 Å². The average molecular weight is 150 g/mol. The van der Waals surface area contributed by atoms with E-state index in [4.69, 9.17) is 5.11 Å². The van der Waals surface area contributed by atoms with Crippen LogP contribution in [0.2, 0.25) is 0 Å². The van der Waals surface area contributed by atoms with Gasteiger partial charge in [-0.2, -0.15) is 10.1 Å². The van der Waals surface area contributed by atoms with Gasteiger partial charge in [0.15, 0.2) is 0 Å². The number of aliphatic hydroxyl groups excluding tert-OH is 1. The van der Waals surface area contributed by atoms with Crippen LogP contribution in [0.1, 0.15) is 5.69 Å². The SMILES string of the molecule is OCc1ccn2ncnc2n1. The zero-order valence-electron chi connectivity index (χ0n) is 5.68. The molecule has 0 spiro atoms. The highest BCUT2D eigenvalue weighted by Gasteiger charge is 1.96. The monoisotopic (exact) mass is 150 g/mol. The summed E-state index contributed by atoms with van der Waals surface area (Å²) in [7, 11) is 0. The zero-order chi connectivity index (χ0) is 7.68. The second-order valence-electron chi connectivity index (χ2n) is 2.08. The minimum absolute atomic E-state index is 0.0661. The number of rotatable bonds is 1. The Bertz CT molecular complexity index is 369. The van der Waals surface area contributed by atoms with E-state index in [9.17, 15) is 0 Å². The highest BCUT2D eigenvalue weighted by atomic mass is 16.3. The van der Waals surface area contributed by atoms with Crippen LogP contribution >= 0.6 is 0 Å². The third kappa shape index (κ3) is 0.947. The predicted octanol–water partition coefficient (Wildman–Crippen LogP) is -0.383. The lowest BCUT2D eigenvalue weighted by Gasteiger charge is -1.93. The van der Waals surface area contributed by atoms with Gasteiger partial charge >= 0.3 is 0 Å². The molecule has 2 aromatic heterocycles. The van der Waals surface area contributed by atoms with Crippen molar-refractivity contribution in [1.82, 2.24) is 19.6 Å². The summed E-state index contributed by atoms with van der Waals surface area (Å²) in [6.07, 6.45) is 3.13. The fourth-order valence-electron chi connectivity index (χ4n) is 0.840. The number of aliphatic hydroxyl groups is 1. The second kappa shape index (κ2) is 2.28. The van der Waals surface area contributed by atoms with E-state index in [0.29, 0.717) is 11.5 Å². The summed E-state index contributed by atoms with van der Waals surface area (Å²) in [5.74, 6) is 0.511. The van der Waals surface area contributed by atoms with Gasteiger partial charge in [0.05, 0.1) is 12.3 Å².